The lowest BCUT2D eigenvalue weighted by atomic mass is 9.79. The molecule has 1 saturated heterocycles. The average molecular weight is 358 g/mol. The van der Waals surface area contributed by atoms with Crippen molar-refractivity contribution >= 4 is 37.0 Å². The van der Waals surface area contributed by atoms with Crippen molar-refractivity contribution in [3.05, 3.63) is 28.8 Å². The second-order valence-electron chi connectivity index (χ2n) is 7.51. The molecule has 0 bridgehead atoms. The lowest BCUT2D eigenvalue weighted by Gasteiger charge is -2.32. The quantitative estimate of drug-likeness (QED) is 0.626. The predicted octanol–water partition coefficient (Wildman–Crippen LogP) is 4.24. The first-order valence-corrected chi connectivity index (χ1v) is 8.83. The fraction of sp³-hybridized carbons (Fsp3) is 0.647. The number of halogens is 1. The Labute approximate surface area is 152 Å². The van der Waals surface area contributed by atoms with Crippen molar-refractivity contribution in [3.63, 3.8) is 0 Å². The molecule has 0 unspecified atom stereocenters. The summed E-state index contributed by atoms with van der Waals surface area (Å²) in [5, 5.41) is 0.689. The highest BCUT2D eigenvalue weighted by Gasteiger charge is 2.51. The second-order valence-corrected chi connectivity index (χ2v) is 8.23. The molecule has 1 N–H and O–H groups in total. The summed E-state index contributed by atoms with van der Waals surface area (Å²) in [5.74, 6) is 0.833. The van der Waals surface area contributed by atoms with Crippen LogP contribution in [0.2, 0.25) is 5.02 Å². The minimum absolute atomic E-state index is 0.338. The van der Waals surface area contributed by atoms with Gasteiger partial charge in [0.1, 0.15) is 0 Å². The van der Waals surface area contributed by atoms with E-state index in [-0.39, 0.29) is 18.3 Å². The Bertz CT molecular complexity index is 505. The summed E-state index contributed by atoms with van der Waals surface area (Å²) < 4.78 is 14.8. The molecule has 1 aliphatic rings. The molecule has 0 atom stereocenters. The standard InChI is InChI=1S/C13H19BClNO2S.C4H10/c1-12(2)13(3,4)18-14(17-12)10-6-5-9(8-16-19)11(15)7-10;1-4(2)3/h5-7,16,19H,8H2,1-4H3;4H,1-3H3. The summed E-state index contributed by atoms with van der Waals surface area (Å²) in [6, 6.07) is 5.84. The van der Waals surface area contributed by atoms with Crippen LogP contribution in [-0.4, -0.2) is 18.3 Å². The number of thiol groups is 1. The first kappa shape index (κ1) is 20.8. The van der Waals surface area contributed by atoms with E-state index >= 15 is 0 Å². The third-order valence-electron chi connectivity index (χ3n) is 3.87. The van der Waals surface area contributed by atoms with Crippen LogP contribution in [0.15, 0.2) is 18.2 Å². The molecule has 0 aliphatic carbocycles. The highest BCUT2D eigenvalue weighted by Crippen LogP contribution is 2.36. The van der Waals surface area contributed by atoms with E-state index in [1.165, 1.54) is 0 Å². The Hall–Kier alpha value is -0.195. The number of nitrogens with one attached hydrogen (secondary N) is 1. The van der Waals surface area contributed by atoms with Crippen molar-refractivity contribution in [1.82, 2.24) is 4.72 Å². The van der Waals surface area contributed by atoms with Gasteiger partial charge in [-0.15, -0.1) is 0 Å². The zero-order valence-corrected chi connectivity index (χ0v) is 16.9. The van der Waals surface area contributed by atoms with Gasteiger partial charge < -0.3 is 9.31 Å². The summed E-state index contributed by atoms with van der Waals surface area (Å²) in [6.45, 7) is 15.3. The van der Waals surface area contributed by atoms with Gasteiger partial charge in [0, 0.05) is 11.6 Å². The topological polar surface area (TPSA) is 30.5 Å². The Morgan fingerprint density at radius 1 is 1.13 bits per heavy atom. The predicted molar refractivity (Wildman–Crippen MR) is 104 cm³/mol. The molecule has 6 heteroatoms. The van der Waals surface area contributed by atoms with E-state index in [1.54, 1.807) is 0 Å². The lowest BCUT2D eigenvalue weighted by Crippen LogP contribution is -2.41. The molecule has 1 fully saturated rings. The fourth-order valence-electron chi connectivity index (χ4n) is 1.92. The first-order valence-electron chi connectivity index (χ1n) is 8.01. The van der Waals surface area contributed by atoms with Gasteiger partial charge in [0.25, 0.3) is 0 Å². The number of hydrogen-bond donors (Lipinski definition) is 2. The summed E-state index contributed by atoms with van der Waals surface area (Å²) in [7, 11) is -0.375. The van der Waals surface area contributed by atoms with E-state index in [0.29, 0.717) is 11.6 Å². The molecule has 130 valence electrons. The molecule has 0 radical (unpaired) electrons. The van der Waals surface area contributed by atoms with Gasteiger partial charge in [0.15, 0.2) is 0 Å². The molecule has 0 aromatic heterocycles. The molecule has 0 spiro atoms. The molecule has 2 rings (SSSR count). The molecule has 3 nitrogen and oxygen atoms in total. The van der Waals surface area contributed by atoms with E-state index in [9.17, 15) is 0 Å². The summed E-state index contributed by atoms with van der Waals surface area (Å²) in [4.78, 5) is 0. The normalized spacial score (nSPS) is 18.8. The van der Waals surface area contributed by atoms with Gasteiger partial charge in [-0.2, -0.15) is 0 Å². The maximum Gasteiger partial charge on any atom is 0.494 e. The molecular weight excluding hydrogens is 329 g/mol. The minimum atomic E-state index is -0.375. The van der Waals surface area contributed by atoms with Crippen LogP contribution in [0.5, 0.6) is 0 Å². The van der Waals surface area contributed by atoms with E-state index in [2.05, 4.69) is 38.3 Å². The van der Waals surface area contributed by atoms with Crippen molar-refractivity contribution < 1.29 is 9.31 Å². The molecule has 1 aromatic rings. The van der Waals surface area contributed by atoms with Crippen molar-refractivity contribution in [3.8, 4) is 0 Å². The van der Waals surface area contributed by atoms with Crippen LogP contribution in [0.1, 0.15) is 54.0 Å². The third-order valence-corrected chi connectivity index (χ3v) is 4.38. The Morgan fingerprint density at radius 3 is 2.00 bits per heavy atom. The number of hydrogen-bond acceptors (Lipinski definition) is 4. The smallest absolute Gasteiger partial charge is 0.399 e. The second kappa shape index (κ2) is 8.26. The van der Waals surface area contributed by atoms with Gasteiger partial charge in [-0.05, 0) is 50.7 Å². The van der Waals surface area contributed by atoms with Gasteiger partial charge in [-0.3, -0.25) is 4.72 Å². The highest BCUT2D eigenvalue weighted by molar-refractivity contribution is 7.78. The van der Waals surface area contributed by atoms with Gasteiger partial charge in [-0.1, -0.05) is 57.3 Å². The Balaban J connectivity index is 0.000000593. The van der Waals surface area contributed by atoms with Crippen molar-refractivity contribution in [2.24, 2.45) is 5.92 Å². The SMILES string of the molecule is CC(C)C.CC1(C)OB(c2ccc(CNS)c(Cl)c2)OC1(C)C. The number of rotatable bonds is 3. The van der Waals surface area contributed by atoms with Crippen LogP contribution in [0.25, 0.3) is 0 Å². The number of benzene rings is 1. The van der Waals surface area contributed by atoms with E-state index < -0.39 is 0 Å². The van der Waals surface area contributed by atoms with E-state index in [4.69, 9.17) is 20.9 Å². The van der Waals surface area contributed by atoms with Gasteiger partial charge in [0.05, 0.1) is 11.2 Å². The molecule has 1 heterocycles. The summed E-state index contributed by atoms with van der Waals surface area (Å²) in [5.41, 5.74) is 1.26. The largest absolute Gasteiger partial charge is 0.494 e. The van der Waals surface area contributed by atoms with Crippen LogP contribution in [0.3, 0.4) is 0 Å². The molecule has 1 aromatic carbocycles. The molecule has 0 amide bonds. The van der Waals surface area contributed by atoms with Gasteiger partial charge in [0.2, 0.25) is 0 Å². The zero-order valence-electron chi connectivity index (χ0n) is 15.2. The maximum atomic E-state index is 6.24. The van der Waals surface area contributed by atoms with E-state index in [1.807, 2.05) is 45.9 Å². The van der Waals surface area contributed by atoms with Gasteiger partial charge >= 0.3 is 7.12 Å². The van der Waals surface area contributed by atoms with Crippen LogP contribution in [-0.2, 0) is 15.9 Å². The van der Waals surface area contributed by atoms with Crippen molar-refractivity contribution in [1.29, 1.82) is 0 Å². The van der Waals surface area contributed by atoms with Crippen LogP contribution >= 0.6 is 24.4 Å². The first-order chi connectivity index (χ1) is 10.5. The monoisotopic (exact) mass is 357 g/mol. The van der Waals surface area contributed by atoms with Crippen molar-refractivity contribution in [2.75, 3.05) is 0 Å². The lowest BCUT2D eigenvalue weighted by molar-refractivity contribution is 0.00578. The van der Waals surface area contributed by atoms with Crippen LogP contribution in [0.4, 0.5) is 0 Å². The molecule has 0 saturated carbocycles. The van der Waals surface area contributed by atoms with E-state index in [0.717, 1.165) is 16.9 Å². The highest BCUT2D eigenvalue weighted by atomic mass is 35.5. The Morgan fingerprint density at radius 2 is 1.61 bits per heavy atom. The molecule has 23 heavy (non-hydrogen) atoms. The molecular formula is C17H29BClNO2S. The van der Waals surface area contributed by atoms with Crippen LogP contribution < -0.4 is 10.2 Å². The zero-order chi connectivity index (χ0) is 17.8. The minimum Gasteiger partial charge on any atom is -0.399 e. The maximum absolute atomic E-state index is 6.24. The molecule has 1 aliphatic heterocycles. The van der Waals surface area contributed by atoms with Crippen molar-refractivity contribution in [2.45, 2.75) is 66.2 Å². The average Bonchev–Trinajstić information content (AvgIpc) is 2.60. The fourth-order valence-corrected chi connectivity index (χ4v) is 2.34. The van der Waals surface area contributed by atoms with Crippen LogP contribution in [0, 0.1) is 5.92 Å². The summed E-state index contributed by atoms with van der Waals surface area (Å²) >= 11 is 10.2. The summed E-state index contributed by atoms with van der Waals surface area (Å²) in [6.07, 6.45) is 0. The third kappa shape index (κ3) is 5.68. The van der Waals surface area contributed by atoms with Gasteiger partial charge in [-0.25, -0.2) is 0 Å². The Kier molecular flexibility index (Phi) is 7.49.